The summed E-state index contributed by atoms with van der Waals surface area (Å²) >= 11 is 0. The minimum atomic E-state index is -0.149. The fraction of sp³-hybridized carbons (Fsp3) is 0.667. The van der Waals surface area contributed by atoms with E-state index in [4.69, 9.17) is 4.74 Å². The summed E-state index contributed by atoms with van der Waals surface area (Å²) in [6.07, 6.45) is 1.96. The van der Waals surface area contributed by atoms with Gasteiger partial charge in [0.2, 0.25) is 0 Å². The fourth-order valence-electron chi connectivity index (χ4n) is 2.00. The van der Waals surface area contributed by atoms with Crippen molar-refractivity contribution in [3.8, 4) is 0 Å². The molecule has 0 aromatic rings. The molecule has 66 valence electrons. The molecule has 0 aromatic carbocycles. The Morgan fingerprint density at radius 1 is 1.67 bits per heavy atom. The van der Waals surface area contributed by atoms with Gasteiger partial charge in [0.1, 0.15) is 6.61 Å². The number of hydrogen-bond donors (Lipinski definition) is 0. The van der Waals surface area contributed by atoms with Crippen LogP contribution >= 0.6 is 0 Å². The summed E-state index contributed by atoms with van der Waals surface area (Å²) < 4.78 is 4.94. The lowest BCUT2D eigenvalue weighted by atomic mass is 9.99. The maximum absolute atomic E-state index is 11.1. The topological polar surface area (TPSA) is 29.5 Å². The first-order valence-electron chi connectivity index (χ1n) is 4.32. The lowest BCUT2D eigenvalue weighted by molar-refractivity contribution is 0.160. The maximum atomic E-state index is 11.1. The number of cyclic esters (lactones) is 1. The zero-order valence-electron chi connectivity index (χ0n) is 7.41. The van der Waals surface area contributed by atoms with Crippen LogP contribution in [0.15, 0.2) is 11.6 Å². The van der Waals surface area contributed by atoms with E-state index in [1.165, 1.54) is 5.57 Å². The summed E-state index contributed by atoms with van der Waals surface area (Å²) in [7, 11) is 0. The van der Waals surface area contributed by atoms with Gasteiger partial charge in [-0.1, -0.05) is 13.0 Å². The van der Waals surface area contributed by atoms with E-state index in [0.717, 1.165) is 6.54 Å². The van der Waals surface area contributed by atoms with E-state index in [0.29, 0.717) is 18.6 Å². The molecular weight excluding hydrogens is 154 g/mol. The molecule has 2 aliphatic rings. The standard InChI is InChI=1S/C9H13NO2/c1-3-7-4-10-8(6(7)2)5-12-9(10)11/h3,6,8H,4-5H2,1-2H3/b7-3+/t6-,8-/m1/s1. The third kappa shape index (κ3) is 0.854. The van der Waals surface area contributed by atoms with Crippen molar-refractivity contribution in [3.05, 3.63) is 11.6 Å². The normalized spacial score (nSPS) is 37.3. The van der Waals surface area contributed by atoms with Gasteiger partial charge in [-0.05, 0) is 12.5 Å². The lowest BCUT2D eigenvalue weighted by Gasteiger charge is -2.11. The number of hydrogen-bond acceptors (Lipinski definition) is 2. The molecule has 2 atom stereocenters. The minimum absolute atomic E-state index is 0.149. The average molecular weight is 167 g/mol. The predicted molar refractivity (Wildman–Crippen MR) is 44.8 cm³/mol. The van der Waals surface area contributed by atoms with Crippen molar-refractivity contribution in [1.82, 2.24) is 4.90 Å². The number of rotatable bonds is 0. The van der Waals surface area contributed by atoms with E-state index >= 15 is 0 Å². The summed E-state index contributed by atoms with van der Waals surface area (Å²) in [5.74, 6) is 0.474. The first-order valence-corrected chi connectivity index (χ1v) is 4.32. The van der Waals surface area contributed by atoms with Crippen LogP contribution in [-0.4, -0.2) is 30.2 Å². The number of fused-ring (bicyclic) bond motifs is 1. The summed E-state index contributed by atoms with van der Waals surface area (Å²) in [6, 6.07) is 0.295. The Morgan fingerprint density at radius 3 is 3.00 bits per heavy atom. The van der Waals surface area contributed by atoms with Gasteiger partial charge in [0.25, 0.3) is 0 Å². The van der Waals surface area contributed by atoms with Crippen molar-refractivity contribution >= 4 is 6.09 Å². The quantitative estimate of drug-likeness (QED) is 0.510. The van der Waals surface area contributed by atoms with E-state index < -0.39 is 0 Å². The van der Waals surface area contributed by atoms with Gasteiger partial charge in [0, 0.05) is 12.5 Å². The Hall–Kier alpha value is -0.990. The van der Waals surface area contributed by atoms with E-state index in [1.807, 2.05) is 11.8 Å². The van der Waals surface area contributed by atoms with Gasteiger partial charge >= 0.3 is 6.09 Å². The maximum Gasteiger partial charge on any atom is 0.410 e. The number of nitrogens with zero attached hydrogens (tertiary/aromatic N) is 1. The Balaban J connectivity index is 2.24. The smallest absolute Gasteiger partial charge is 0.410 e. The highest BCUT2D eigenvalue weighted by atomic mass is 16.6. The average Bonchev–Trinajstić information content (AvgIpc) is 2.55. The lowest BCUT2D eigenvalue weighted by Crippen LogP contribution is -2.29. The monoisotopic (exact) mass is 167 g/mol. The predicted octanol–water partition coefficient (Wildman–Crippen LogP) is 1.40. The molecule has 2 rings (SSSR count). The van der Waals surface area contributed by atoms with E-state index in [-0.39, 0.29) is 6.09 Å². The third-order valence-corrected chi connectivity index (χ3v) is 2.90. The molecule has 3 nitrogen and oxygen atoms in total. The highest BCUT2D eigenvalue weighted by molar-refractivity contribution is 5.71. The number of carbonyl (C=O) groups excluding carboxylic acids is 1. The molecule has 2 aliphatic heterocycles. The molecule has 1 amide bonds. The van der Waals surface area contributed by atoms with Crippen LogP contribution in [0.5, 0.6) is 0 Å². The second-order valence-corrected chi connectivity index (χ2v) is 3.42. The Labute approximate surface area is 72.0 Å². The van der Waals surface area contributed by atoms with Crippen LogP contribution in [0.4, 0.5) is 4.79 Å². The molecule has 0 bridgehead atoms. The molecule has 0 aromatic heterocycles. The molecule has 0 unspecified atom stereocenters. The first-order chi connectivity index (χ1) is 5.74. The number of amides is 1. The van der Waals surface area contributed by atoms with Crippen LogP contribution in [-0.2, 0) is 4.74 Å². The summed E-state index contributed by atoms with van der Waals surface area (Å²) in [6.45, 7) is 5.51. The van der Waals surface area contributed by atoms with Crippen molar-refractivity contribution in [1.29, 1.82) is 0 Å². The number of carbonyl (C=O) groups is 1. The van der Waals surface area contributed by atoms with E-state index in [2.05, 4.69) is 13.0 Å². The SMILES string of the molecule is C/C=C1\CN2C(=O)OC[C@@H]2[C@@H]1C. The molecular formula is C9H13NO2. The van der Waals surface area contributed by atoms with Gasteiger partial charge < -0.3 is 4.74 Å². The molecule has 0 saturated carbocycles. The minimum Gasteiger partial charge on any atom is -0.447 e. The first kappa shape index (κ1) is 7.65. The summed E-state index contributed by atoms with van der Waals surface area (Å²) in [4.78, 5) is 13.0. The molecule has 2 heterocycles. The fourth-order valence-corrected chi connectivity index (χ4v) is 2.00. The second kappa shape index (κ2) is 2.51. The van der Waals surface area contributed by atoms with E-state index in [1.54, 1.807) is 0 Å². The molecule has 12 heavy (non-hydrogen) atoms. The Bertz CT molecular complexity index is 247. The number of ether oxygens (including phenoxy) is 1. The van der Waals surface area contributed by atoms with Crippen molar-refractivity contribution in [2.45, 2.75) is 19.9 Å². The van der Waals surface area contributed by atoms with Crippen molar-refractivity contribution < 1.29 is 9.53 Å². The Kier molecular flexibility index (Phi) is 1.60. The van der Waals surface area contributed by atoms with Crippen LogP contribution in [0.2, 0.25) is 0 Å². The van der Waals surface area contributed by atoms with Gasteiger partial charge in [0.15, 0.2) is 0 Å². The van der Waals surface area contributed by atoms with Gasteiger partial charge in [0.05, 0.1) is 6.04 Å². The second-order valence-electron chi connectivity index (χ2n) is 3.42. The van der Waals surface area contributed by atoms with Gasteiger partial charge in [-0.3, -0.25) is 4.90 Å². The molecule has 0 N–H and O–H groups in total. The van der Waals surface area contributed by atoms with Gasteiger partial charge in [-0.25, -0.2) is 4.79 Å². The van der Waals surface area contributed by atoms with Crippen LogP contribution in [0.3, 0.4) is 0 Å². The van der Waals surface area contributed by atoms with Crippen LogP contribution in [0.25, 0.3) is 0 Å². The van der Waals surface area contributed by atoms with Crippen molar-refractivity contribution in [2.24, 2.45) is 5.92 Å². The van der Waals surface area contributed by atoms with Gasteiger partial charge in [-0.15, -0.1) is 0 Å². The zero-order valence-corrected chi connectivity index (χ0v) is 7.41. The summed E-state index contributed by atoms with van der Waals surface area (Å²) in [5.41, 5.74) is 1.36. The largest absolute Gasteiger partial charge is 0.447 e. The van der Waals surface area contributed by atoms with Crippen LogP contribution in [0.1, 0.15) is 13.8 Å². The zero-order chi connectivity index (χ0) is 8.72. The van der Waals surface area contributed by atoms with Crippen LogP contribution < -0.4 is 0 Å². The molecule has 2 saturated heterocycles. The Morgan fingerprint density at radius 2 is 2.42 bits per heavy atom. The molecule has 0 spiro atoms. The van der Waals surface area contributed by atoms with Crippen molar-refractivity contribution in [3.63, 3.8) is 0 Å². The molecule has 2 fully saturated rings. The summed E-state index contributed by atoms with van der Waals surface area (Å²) in [5, 5.41) is 0. The highest BCUT2D eigenvalue weighted by Gasteiger charge is 2.43. The van der Waals surface area contributed by atoms with E-state index in [9.17, 15) is 4.79 Å². The molecule has 0 radical (unpaired) electrons. The third-order valence-electron chi connectivity index (χ3n) is 2.90. The molecule has 3 heteroatoms. The van der Waals surface area contributed by atoms with Crippen LogP contribution in [0, 0.1) is 5.92 Å². The van der Waals surface area contributed by atoms with Crippen molar-refractivity contribution in [2.75, 3.05) is 13.2 Å². The highest BCUT2D eigenvalue weighted by Crippen LogP contribution is 2.32. The number of allylic oxidation sites excluding steroid dienone is 1. The molecule has 0 aliphatic carbocycles. The van der Waals surface area contributed by atoms with Gasteiger partial charge in [-0.2, -0.15) is 0 Å².